The highest BCUT2D eigenvalue weighted by atomic mass is 16.7. The Hall–Kier alpha value is -3.91. The maximum atomic E-state index is 13.5. The van der Waals surface area contributed by atoms with E-state index in [0.29, 0.717) is 5.56 Å². The van der Waals surface area contributed by atoms with Gasteiger partial charge >= 0.3 is 18.0 Å². The van der Waals surface area contributed by atoms with Gasteiger partial charge in [0.1, 0.15) is 6.04 Å². The molecule has 8 heteroatoms. The van der Waals surface area contributed by atoms with Crippen LogP contribution in [0.15, 0.2) is 60.7 Å². The minimum atomic E-state index is -2.00. The Morgan fingerprint density at radius 2 is 1.79 bits per heavy atom. The van der Waals surface area contributed by atoms with Crippen molar-refractivity contribution in [2.75, 3.05) is 6.54 Å². The molecule has 2 amide bonds. The zero-order chi connectivity index (χ0) is 27.0. The molecule has 3 atom stereocenters. The summed E-state index contributed by atoms with van der Waals surface area (Å²) in [6.07, 6.45) is 2.93. The fraction of sp³-hybridized carbons (Fsp3) is 0.367. The number of cyclic esters (lactones) is 1. The summed E-state index contributed by atoms with van der Waals surface area (Å²) < 4.78 is 5.27. The lowest BCUT2D eigenvalue weighted by atomic mass is 9.89. The highest BCUT2D eigenvalue weighted by molar-refractivity contribution is 5.91. The molecular formula is C30H32N2O6. The van der Waals surface area contributed by atoms with Crippen LogP contribution in [-0.2, 0) is 39.4 Å². The molecule has 1 fully saturated rings. The molecule has 8 nitrogen and oxygen atoms in total. The summed E-state index contributed by atoms with van der Waals surface area (Å²) in [4.78, 5) is 39.6. The number of hydrogen-bond acceptors (Lipinski definition) is 5. The Bertz CT molecular complexity index is 1400. The average molecular weight is 517 g/mol. The SMILES string of the molecule is CC(C)CN(C(=O)N[C@@H](Cc1ccc2ccccc2c1)C(=O)O)C1C(=O)OC1(O)c1ccc2c(c1)CCC2. The third kappa shape index (κ3) is 4.84. The third-order valence-electron chi connectivity index (χ3n) is 7.35. The molecule has 1 aliphatic heterocycles. The van der Waals surface area contributed by atoms with E-state index >= 15 is 0 Å². The van der Waals surface area contributed by atoms with Gasteiger partial charge in [-0.25, -0.2) is 14.4 Å². The van der Waals surface area contributed by atoms with Gasteiger partial charge in [-0.05, 0) is 58.7 Å². The van der Waals surface area contributed by atoms with Gasteiger partial charge in [-0.3, -0.25) is 0 Å². The van der Waals surface area contributed by atoms with E-state index in [1.165, 1.54) is 10.5 Å². The van der Waals surface area contributed by atoms with E-state index in [9.17, 15) is 24.6 Å². The van der Waals surface area contributed by atoms with E-state index in [-0.39, 0.29) is 18.9 Å². The van der Waals surface area contributed by atoms with Gasteiger partial charge in [0.15, 0.2) is 0 Å². The monoisotopic (exact) mass is 516 g/mol. The molecule has 3 aromatic carbocycles. The first-order chi connectivity index (χ1) is 18.2. The Morgan fingerprint density at radius 3 is 2.50 bits per heavy atom. The lowest BCUT2D eigenvalue weighted by Gasteiger charge is -2.48. The van der Waals surface area contributed by atoms with Crippen molar-refractivity contribution in [3.63, 3.8) is 0 Å². The first-order valence-corrected chi connectivity index (χ1v) is 13.0. The predicted octanol–water partition coefficient (Wildman–Crippen LogP) is 3.76. The van der Waals surface area contributed by atoms with Crippen LogP contribution in [0, 0.1) is 5.92 Å². The summed E-state index contributed by atoms with van der Waals surface area (Å²) in [5.74, 6) is -3.98. The Labute approximate surface area is 221 Å². The predicted molar refractivity (Wildman–Crippen MR) is 141 cm³/mol. The number of aryl methyl sites for hydroxylation is 2. The van der Waals surface area contributed by atoms with E-state index in [0.717, 1.165) is 41.2 Å². The second-order valence-corrected chi connectivity index (χ2v) is 10.6. The lowest BCUT2D eigenvalue weighted by molar-refractivity contribution is -0.294. The maximum Gasteiger partial charge on any atom is 0.339 e. The second-order valence-electron chi connectivity index (χ2n) is 10.6. The summed E-state index contributed by atoms with van der Waals surface area (Å²) in [6, 6.07) is 15.6. The van der Waals surface area contributed by atoms with Gasteiger partial charge in [-0.1, -0.05) is 68.4 Å². The molecule has 0 bridgehead atoms. The fourth-order valence-corrected chi connectivity index (χ4v) is 5.45. The van der Waals surface area contributed by atoms with Crippen molar-refractivity contribution < 1.29 is 29.3 Å². The zero-order valence-corrected chi connectivity index (χ0v) is 21.5. The van der Waals surface area contributed by atoms with E-state index in [1.54, 1.807) is 6.07 Å². The number of aliphatic carboxylic acids is 1. The van der Waals surface area contributed by atoms with Gasteiger partial charge in [-0.2, -0.15) is 0 Å². The van der Waals surface area contributed by atoms with Gasteiger partial charge < -0.3 is 25.2 Å². The van der Waals surface area contributed by atoms with Crippen molar-refractivity contribution in [3.05, 3.63) is 82.9 Å². The van der Waals surface area contributed by atoms with Crippen LogP contribution in [0.2, 0.25) is 0 Å². The largest absolute Gasteiger partial charge is 0.480 e. The number of carbonyl (C=O) groups is 3. The minimum absolute atomic E-state index is 0.0535. The normalized spacial score (nSPS) is 20.9. The Kier molecular flexibility index (Phi) is 6.84. The molecule has 1 heterocycles. The van der Waals surface area contributed by atoms with Crippen LogP contribution in [0.5, 0.6) is 0 Å². The number of carbonyl (C=O) groups excluding carboxylic acids is 2. The first kappa shape index (κ1) is 25.7. The molecule has 0 radical (unpaired) electrons. The quantitative estimate of drug-likeness (QED) is 0.393. The number of amides is 2. The molecule has 5 rings (SSSR count). The topological polar surface area (TPSA) is 116 Å². The summed E-state index contributed by atoms with van der Waals surface area (Å²) in [7, 11) is 0. The molecule has 3 aromatic rings. The molecule has 2 unspecified atom stereocenters. The highest BCUT2D eigenvalue weighted by Crippen LogP contribution is 2.41. The standard InChI is InChI=1S/C30H32N2O6/c1-18(2)17-32(26-28(35)38-30(26,37)24-13-12-21-8-5-9-23(21)16-24)29(36)31-25(27(33)34)15-19-10-11-20-6-3-4-7-22(20)14-19/h3-4,6-7,10-14,16,18,25-26,37H,5,8-9,15,17H2,1-2H3,(H,31,36)(H,33,34)/t25-,26?,30?/m0/s1. The number of nitrogens with zero attached hydrogens (tertiary/aromatic N) is 1. The number of ether oxygens (including phenoxy) is 1. The smallest absolute Gasteiger partial charge is 0.339 e. The van der Waals surface area contributed by atoms with Crippen LogP contribution in [0.25, 0.3) is 10.8 Å². The molecule has 0 saturated carbocycles. The lowest BCUT2D eigenvalue weighted by Crippen LogP contribution is -2.70. The van der Waals surface area contributed by atoms with Crippen LogP contribution in [0.3, 0.4) is 0 Å². The van der Waals surface area contributed by atoms with Crippen molar-refractivity contribution in [2.24, 2.45) is 5.92 Å². The van der Waals surface area contributed by atoms with Crippen molar-refractivity contribution in [1.82, 2.24) is 10.2 Å². The summed E-state index contributed by atoms with van der Waals surface area (Å²) >= 11 is 0. The van der Waals surface area contributed by atoms with E-state index in [2.05, 4.69) is 5.32 Å². The number of fused-ring (bicyclic) bond motifs is 2. The molecule has 3 N–H and O–H groups in total. The summed E-state index contributed by atoms with van der Waals surface area (Å²) in [6.45, 7) is 3.88. The van der Waals surface area contributed by atoms with Gasteiger partial charge in [-0.15, -0.1) is 0 Å². The molecule has 198 valence electrons. The molecule has 38 heavy (non-hydrogen) atoms. The fourth-order valence-electron chi connectivity index (χ4n) is 5.45. The van der Waals surface area contributed by atoms with Crippen molar-refractivity contribution in [1.29, 1.82) is 0 Å². The number of aliphatic hydroxyl groups is 1. The summed E-state index contributed by atoms with van der Waals surface area (Å²) in [5, 5.41) is 26.0. The average Bonchev–Trinajstić information content (AvgIpc) is 3.35. The molecule has 0 spiro atoms. The molecule has 0 aromatic heterocycles. The van der Waals surface area contributed by atoms with Crippen molar-refractivity contribution in [3.8, 4) is 0 Å². The van der Waals surface area contributed by atoms with Gasteiger partial charge in [0.2, 0.25) is 6.04 Å². The van der Waals surface area contributed by atoms with Gasteiger partial charge in [0.05, 0.1) is 0 Å². The van der Waals surface area contributed by atoms with E-state index < -0.39 is 35.8 Å². The number of carboxylic acids is 1. The number of esters is 1. The first-order valence-electron chi connectivity index (χ1n) is 13.0. The Morgan fingerprint density at radius 1 is 1.05 bits per heavy atom. The third-order valence-corrected chi connectivity index (χ3v) is 7.35. The van der Waals surface area contributed by atoms with E-state index in [4.69, 9.17) is 4.74 Å². The van der Waals surface area contributed by atoms with Crippen LogP contribution in [0.4, 0.5) is 4.79 Å². The maximum absolute atomic E-state index is 13.5. The van der Waals surface area contributed by atoms with E-state index in [1.807, 2.05) is 68.4 Å². The molecule has 1 saturated heterocycles. The number of benzene rings is 3. The van der Waals surface area contributed by atoms with Crippen molar-refractivity contribution in [2.45, 2.75) is 57.4 Å². The van der Waals surface area contributed by atoms with Crippen LogP contribution in [0.1, 0.15) is 42.5 Å². The molecule has 1 aliphatic carbocycles. The van der Waals surface area contributed by atoms with Crippen LogP contribution in [-0.4, -0.2) is 51.7 Å². The number of urea groups is 1. The number of rotatable bonds is 8. The van der Waals surface area contributed by atoms with Crippen LogP contribution >= 0.6 is 0 Å². The van der Waals surface area contributed by atoms with Gasteiger partial charge in [0.25, 0.3) is 5.79 Å². The second kappa shape index (κ2) is 10.1. The zero-order valence-electron chi connectivity index (χ0n) is 21.5. The van der Waals surface area contributed by atoms with Crippen LogP contribution < -0.4 is 5.32 Å². The number of carboxylic acid groups (broad SMARTS) is 1. The Balaban J connectivity index is 1.39. The van der Waals surface area contributed by atoms with Crippen molar-refractivity contribution >= 4 is 28.7 Å². The molecular weight excluding hydrogens is 484 g/mol. The number of nitrogens with one attached hydrogen (secondary N) is 1. The summed E-state index contributed by atoms with van der Waals surface area (Å²) in [5.41, 5.74) is 3.47. The van der Waals surface area contributed by atoms with Gasteiger partial charge in [0, 0.05) is 18.5 Å². The minimum Gasteiger partial charge on any atom is -0.480 e. The highest BCUT2D eigenvalue weighted by Gasteiger charge is 2.61. The number of hydrogen-bond donors (Lipinski definition) is 3. The molecule has 2 aliphatic rings.